The van der Waals surface area contributed by atoms with Gasteiger partial charge in [0.2, 0.25) is 5.91 Å². The predicted molar refractivity (Wildman–Crippen MR) is 79.4 cm³/mol. The van der Waals surface area contributed by atoms with Crippen molar-refractivity contribution in [3.05, 3.63) is 29.8 Å². The molecule has 1 aromatic carbocycles. The van der Waals surface area contributed by atoms with Crippen molar-refractivity contribution in [2.75, 3.05) is 20.2 Å². The fourth-order valence-electron chi connectivity index (χ4n) is 2.95. The summed E-state index contributed by atoms with van der Waals surface area (Å²) in [6.07, 6.45) is 3.82. The lowest BCUT2D eigenvalue weighted by atomic mass is 9.93. The molecule has 20 heavy (non-hydrogen) atoms. The number of primary amides is 1. The van der Waals surface area contributed by atoms with Gasteiger partial charge in [-0.3, -0.25) is 9.69 Å². The summed E-state index contributed by atoms with van der Waals surface area (Å²) in [7, 11) is 1.71. The molecule has 2 rings (SSSR count). The summed E-state index contributed by atoms with van der Waals surface area (Å²) < 4.78 is 5.40. The Morgan fingerprint density at radius 3 is 3.00 bits per heavy atom. The maximum Gasteiger partial charge on any atom is 0.217 e. The molecule has 4 heteroatoms. The highest BCUT2D eigenvalue weighted by Gasteiger charge is 2.21. The average Bonchev–Trinajstić information content (AvgIpc) is 2.46. The number of amides is 1. The molecule has 0 bridgehead atoms. The van der Waals surface area contributed by atoms with Gasteiger partial charge in [-0.2, -0.15) is 0 Å². The first-order valence-electron chi connectivity index (χ1n) is 7.31. The van der Waals surface area contributed by atoms with E-state index in [0.717, 1.165) is 31.8 Å². The molecule has 4 nitrogen and oxygen atoms in total. The van der Waals surface area contributed by atoms with Crippen LogP contribution in [0.15, 0.2) is 24.3 Å². The van der Waals surface area contributed by atoms with Gasteiger partial charge in [0.1, 0.15) is 5.75 Å². The van der Waals surface area contributed by atoms with Gasteiger partial charge in [0, 0.05) is 25.1 Å². The SMILES string of the molecule is COc1ccccc1CN1CCC[C@H](CCC(N)=O)C1. The van der Waals surface area contributed by atoms with E-state index in [2.05, 4.69) is 11.0 Å². The Bertz CT molecular complexity index is 448. The van der Waals surface area contributed by atoms with Crippen LogP contribution in [0.5, 0.6) is 5.75 Å². The third kappa shape index (κ3) is 4.23. The van der Waals surface area contributed by atoms with Crippen LogP contribution in [0.4, 0.5) is 0 Å². The molecule has 1 atom stereocenters. The van der Waals surface area contributed by atoms with E-state index in [9.17, 15) is 4.79 Å². The number of nitrogens with zero attached hydrogens (tertiary/aromatic N) is 1. The fraction of sp³-hybridized carbons (Fsp3) is 0.562. The van der Waals surface area contributed by atoms with E-state index >= 15 is 0 Å². The van der Waals surface area contributed by atoms with E-state index in [0.29, 0.717) is 12.3 Å². The lowest BCUT2D eigenvalue weighted by Gasteiger charge is -2.33. The lowest BCUT2D eigenvalue weighted by molar-refractivity contribution is -0.118. The Kier molecular flexibility index (Phi) is 5.41. The van der Waals surface area contributed by atoms with Gasteiger partial charge in [-0.05, 0) is 37.8 Å². The molecule has 1 aromatic rings. The van der Waals surface area contributed by atoms with E-state index in [4.69, 9.17) is 10.5 Å². The minimum atomic E-state index is -0.188. The van der Waals surface area contributed by atoms with Crippen LogP contribution in [0.2, 0.25) is 0 Å². The molecule has 1 saturated heterocycles. The summed E-state index contributed by atoms with van der Waals surface area (Å²) in [5, 5.41) is 0. The topological polar surface area (TPSA) is 55.6 Å². The van der Waals surface area contributed by atoms with Crippen LogP contribution in [0.1, 0.15) is 31.2 Å². The summed E-state index contributed by atoms with van der Waals surface area (Å²) in [4.78, 5) is 13.3. The van der Waals surface area contributed by atoms with E-state index in [1.165, 1.54) is 18.4 Å². The second-order valence-corrected chi connectivity index (χ2v) is 5.56. The van der Waals surface area contributed by atoms with Crippen molar-refractivity contribution in [2.45, 2.75) is 32.2 Å². The van der Waals surface area contributed by atoms with E-state index in [1.54, 1.807) is 7.11 Å². The highest BCUT2D eigenvalue weighted by molar-refractivity contribution is 5.73. The maximum atomic E-state index is 10.9. The van der Waals surface area contributed by atoms with Crippen molar-refractivity contribution < 1.29 is 9.53 Å². The van der Waals surface area contributed by atoms with Crippen LogP contribution >= 0.6 is 0 Å². The molecule has 1 aliphatic rings. The van der Waals surface area contributed by atoms with Crippen molar-refractivity contribution in [3.8, 4) is 5.75 Å². The fourth-order valence-corrected chi connectivity index (χ4v) is 2.95. The third-order valence-electron chi connectivity index (χ3n) is 3.99. The van der Waals surface area contributed by atoms with Gasteiger partial charge in [0.15, 0.2) is 0 Å². The van der Waals surface area contributed by atoms with Crippen molar-refractivity contribution in [1.29, 1.82) is 0 Å². The summed E-state index contributed by atoms with van der Waals surface area (Å²) in [5.41, 5.74) is 6.46. The number of nitrogens with two attached hydrogens (primary N) is 1. The zero-order valence-electron chi connectivity index (χ0n) is 12.2. The van der Waals surface area contributed by atoms with Crippen LogP contribution in [0.25, 0.3) is 0 Å². The van der Waals surface area contributed by atoms with Gasteiger partial charge in [-0.15, -0.1) is 0 Å². The number of carbonyl (C=O) groups is 1. The van der Waals surface area contributed by atoms with Crippen molar-refractivity contribution in [1.82, 2.24) is 4.90 Å². The highest BCUT2D eigenvalue weighted by Crippen LogP contribution is 2.25. The number of piperidine rings is 1. The molecule has 1 aliphatic heterocycles. The molecule has 0 aromatic heterocycles. The third-order valence-corrected chi connectivity index (χ3v) is 3.99. The Balaban J connectivity index is 1.90. The quantitative estimate of drug-likeness (QED) is 0.866. The molecule has 110 valence electrons. The number of ether oxygens (including phenoxy) is 1. The molecule has 0 saturated carbocycles. The van der Waals surface area contributed by atoms with Gasteiger partial charge in [0.25, 0.3) is 0 Å². The molecular formula is C16H24N2O2. The average molecular weight is 276 g/mol. The Morgan fingerprint density at radius 1 is 1.45 bits per heavy atom. The number of methoxy groups -OCH3 is 1. The highest BCUT2D eigenvalue weighted by atomic mass is 16.5. The largest absolute Gasteiger partial charge is 0.496 e. The molecule has 0 spiro atoms. The number of hydrogen-bond donors (Lipinski definition) is 1. The molecule has 0 aliphatic carbocycles. The first-order chi connectivity index (χ1) is 9.69. The molecule has 0 unspecified atom stereocenters. The van der Waals surface area contributed by atoms with E-state index < -0.39 is 0 Å². The molecule has 2 N–H and O–H groups in total. The molecule has 0 radical (unpaired) electrons. The predicted octanol–water partition coefficient (Wildman–Crippen LogP) is 2.17. The lowest BCUT2D eigenvalue weighted by Crippen LogP contribution is -2.35. The van der Waals surface area contributed by atoms with Gasteiger partial charge in [-0.1, -0.05) is 18.2 Å². The molecule has 1 heterocycles. The Labute approximate surface area is 120 Å². The summed E-state index contributed by atoms with van der Waals surface area (Å²) in [6.45, 7) is 3.08. The van der Waals surface area contributed by atoms with Crippen LogP contribution in [0, 0.1) is 5.92 Å². The van der Waals surface area contributed by atoms with Crippen LogP contribution in [0.3, 0.4) is 0 Å². The van der Waals surface area contributed by atoms with Gasteiger partial charge in [0.05, 0.1) is 7.11 Å². The monoisotopic (exact) mass is 276 g/mol. The van der Waals surface area contributed by atoms with Crippen LogP contribution in [-0.4, -0.2) is 31.0 Å². The number of para-hydroxylation sites is 1. The number of hydrogen-bond acceptors (Lipinski definition) is 3. The molecule has 1 fully saturated rings. The first-order valence-corrected chi connectivity index (χ1v) is 7.31. The van der Waals surface area contributed by atoms with Gasteiger partial charge in [-0.25, -0.2) is 0 Å². The van der Waals surface area contributed by atoms with Gasteiger partial charge < -0.3 is 10.5 Å². The molecular weight excluding hydrogens is 252 g/mol. The smallest absolute Gasteiger partial charge is 0.217 e. The first kappa shape index (κ1) is 14.9. The minimum Gasteiger partial charge on any atom is -0.496 e. The normalized spacial score (nSPS) is 19.8. The van der Waals surface area contributed by atoms with Crippen molar-refractivity contribution in [2.24, 2.45) is 11.7 Å². The van der Waals surface area contributed by atoms with E-state index in [1.807, 2.05) is 18.2 Å². The summed E-state index contributed by atoms with van der Waals surface area (Å²) >= 11 is 0. The van der Waals surface area contributed by atoms with Crippen molar-refractivity contribution >= 4 is 5.91 Å². The van der Waals surface area contributed by atoms with Gasteiger partial charge >= 0.3 is 0 Å². The zero-order chi connectivity index (χ0) is 14.4. The maximum absolute atomic E-state index is 10.9. The number of rotatable bonds is 6. The standard InChI is InChI=1S/C16H24N2O2/c1-20-15-7-3-2-6-14(15)12-18-10-4-5-13(11-18)8-9-16(17)19/h2-3,6-7,13H,4-5,8-12H2,1H3,(H2,17,19)/t13-/m1/s1. The van der Waals surface area contributed by atoms with Crippen molar-refractivity contribution in [3.63, 3.8) is 0 Å². The summed E-state index contributed by atoms with van der Waals surface area (Å²) in [6, 6.07) is 8.16. The van der Waals surface area contributed by atoms with Crippen LogP contribution in [-0.2, 0) is 11.3 Å². The zero-order valence-corrected chi connectivity index (χ0v) is 12.2. The number of carbonyl (C=O) groups excluding carboxylic acids is 1. The van der Waals surface area contributed by atoms with E-state index in [-0.39, 0.29) is 5.91 Å². The number of benzene rings is 1. The summed E-state index contributed by atoms with van der Waals surface area (Å²) in [5.74, 6) is 1.35. The minimum absolute atomic E-state index is 0.188. The van der Waals surface area contributed by atoms with Crippen LogP contribution < -0.4 is 10.5 Å². The second-order valence-electron chi connectivity index (χ2n) is 5.56. The Hall–Kier alpha value is -1.55. The Morgan fingerprint density at radius 2 is 2.25 bits per heavy atom. The second kappa shape index (κ2) is 7.29. The molecule has 1 amide bonds. The number of likely N-dealkylation sites (tertiary alicyclic amines) is 1.